The number of hydrogen-bond donors (Lipinski definition) is 0. The van der Waals surface area contributed by atoms with E-state index in [1.807, 2.05) is 33.8 Å². The SMILES string of the molecule is COC(=O)C1(C)CC2C(C)=C3CC(=O)OC(C)(C)C3=CCC2(C)C23C(=O)OC(OC(C)C2=O)C13. The normalized spacial score (nSPS) is 44.7. The minimum atomic E-state index is -1.58. The van der Waals surface area contributed by atoms with Gasteiger partial charge in [-0.05, 0) is 64.5 Å². The van der Waals surface area contributed by atoms with E-state index in [0.29, 0.717) is 12.8 Å². The molecule has 3 aliphatic heterocycles. The molecule has 1 saturated carbocycles. The van der Waals surface area contributed by atoms with Crippen molar-refractivity contribution in [3.05, 3.63) is 22.8 Å². The van der Waals surface area contributed by atoms with Crippen molar-refractivity contribution < 1.29 is 38.1 Å². The molecule has 7 atom stereocenters. The third kappa shape index (κ3) is 2.47. The van der Waals surface area contributed by atoms with Gasteiger partial charge in [-0.1, -0.05) is 18.6 Å². The molecule has 5 aliphatic rings. The van der Waals surface area contributed by atoms with Gasteiger partial charge in [0.05, 0.1) is 24.9 Å². The van der Waals surface area contributed by atoms with Gasteiger partial charge in [0.15, 0.2) is 5.78 Å². The molecule has 4 fully saturated rings. The van der Waals surface area contributed by atoms with E-state index in [0.717, 1.165) is 16.7 Å². The van der Waals surface area contributed by atoms with Crippen LogP contribution in [0.5, 0.6) is 0 Å². The van der Waals surface area contributed by atoms with E-state index in [4.69, 9.17) is 18.9 Å². The van der Waals surface area contributed by atoms with Crippen molar-refractivity contribution in [1.82, 2.24) is 0 Å². The molecule has 0 amide bonds. The molecule has 8 heteroatoms. The minimum absolute atomic E-state index is 0.111. The molecule has 34 heavy (non-hydrogen) atoms. The van der Waals surface area contributed by atoms with Crippen LogP contribution < -0.4 is 0 Å². The molecular formula is C26H32O8. The Balaban J connectivity index is 1.82. The summed E-state index contributed by atoms with van der Waals surface area (Å²) in [7, 11) is 1.31. The summed E-state index contributed by atoms with van der Waals surface area (Å²) in [5.41, 5.74) is -1.86. The van der Waals surface area contributed by atoms with E-state index in [2.05, 4.69) is 0 Å². The number of Topliss-reactive ketones (excluding diaryl/α,β-unsaturated/α-hetero) is 1. The highest BCUT2D eigenvalue weighted by molar-refractivity contribution is 6.10. The van der Waals surface area contributed by atoms with Gasteiger partial charge in [-0.3, -0.25) is 19.2 Å². The van der Waals surface area contributed by atoms with Crippen LogP contribution >= 0.6 is 0 Å². The lowest BCUT2D eigenvalue weighted by Gasteiger charge is -2.60. The fourth-order valence-electron chi connectivity index (χ4n) is 7.84. The first-order chi connectivity index (χ1) is 15.8. The zero-order valence-electron chi connectivity index (χ0n) is 20.8. The van der Waals surface area contributed by atoms with Crippen LogP contribution in [0.4, 0.5) is 0 Å². The van der Waals surface area contributed by atoms with Crippen LogP contribution in [0, 0.1) is 28.1 Å². The predicted octanol–water partition coefficient (Wildman–Crippen LogP) is 3.04. The van der Waals surface area contributed by atoms with Crippen molar-refractivity contribution in [2.24, 2.45) is 28.1 Å². The van der Waals surface area contributed by atoms with Crippen molar-refractivity contribution in [3.63, 3.8) is 0 Å². The molecule has 7 unspecified atom stereocenters. The number of methoxy groups -OCH3 is 1. The zero-order chi connectivity index (χ0) is 25.0. The number of fused-ring (bicyclic) bond motifs is 2. The molecule has 5 rings (SSSR count). The van der Waals surface area contributed by atoms with Crippen molar-refractivity contribution in [3.8, 4) is 0 Å². The van der Waals surface area contributed by atoms with E-state index in [-0.39, 0.29) is 24.1 Å². The monoisotopic (exact) mass is 472 g/mol. The Morgan fingerprint density at radius 1 is 1.15 bits per heavy atom. The number of carbonyl (C=O) groups excluding carboxylic acids is 4. The summed E-state index contributed by atoms with van der Waals surface area (Å²) in [5, 5.41) is 0. The molecule has 0 aromatic heterocycles. The molecule has 184 valence electrons. The van der Waals surface area contributed by atoms with Gasteiger partial charge >= 0.3 is 17.9 Å². The first-order valence-corrected chi connectivity index (χ1v) is 11.9. The third-order valence-corrected chi connectivity index (χ3v) is 9.41. The van der Waals surface area contributed by atoms with Crippen LogP contribution in [0.1, 0.15) is 60.8 Å². The quantitative estimate of drug-likeness (QED) is 0.326. The smallest absolute Gasteiger partial charge is 0.323 e. The fourth-order valence-corrected chi connectivity index (χ4v) is 7.84. The maximum absolute atomic E-state index is 14.0. The summed E-state index contributed by atoms with van der Waals surface area (Å²) in [4.78, 5) is 53.6. The second-order valence-electron chi connectivity index (χ2n) is 11.4. The number of cyclic esters (lactones) is 1. The molecule has 0 aromatic rings. The van der Waals surface area contributed by atoms with Crippen molar-refractivity contribution in [1.29, 1.82) is 0 Å². The predicted molar refractivity (Wildman–Crippen MR) is 118 cm³/mol. The summed E-state index contributed by atoms with van der Waals surface area (Å²) < 4.78 is 22.4. The minimum Gasteiger partial charge on any atom is -0.469 e. The second-order valence-corrected chi connectivity index (χ2v) is 11.4. The molecule has 3 heterocycles. The Hall–Kier alpha value is -2.48. The maximum atomic E-state index is 14.0. The van der Waals surface area contributed by atoms with Crippen LogP contribution in [0.2, 0.25) is 0 Å². The van der Waals surface area contributed by atoms with E-state index in [9.17, 15) is 19.2 Å². The van der Waals surface area contributed by atoms with Crippen molar-refractivity contribution >= 4 is 23.7 Å². The molecule has 0 N–H and O–H groups in total. The lowest BCUT2D eigenvalue weighted by atomic mass is 9.39. The van der Waals surface area contributed by atoms with Crippen LogP contribution in [0.15, 0.2) is 22.8 Å². The lowest BCUT2D eigenvalue weighted by molar-refractivity contribution is -0.235. The second kappa shape index (κ2) is 6.80. The van der Waals surface area contributed by atoms with E-state index in [1.54, 1.807) is 13.8 Å². The number of hydrogen-bond acceptors (Lipinski definition) is 8. The van der Waals surface area contributed by atoms with Gasteiger partial charge in [0, 0.05) is 5.41 Å². The zero-order valence-corrected chi connectivity index (χ0v) is 20.8. The topological polar surface area (TPSA) is 105 Å². The lowest BCUT2D eigenvalue weighted by Crippen LogP contribution is -2.70. The Morgan fingerprint density at radius 3 is 2.47 bits per heavy atom. The number of ketones is 1. The Morgan fingerprint density at radius 2 is 1.82 bits per heavy atom. The van der Waals surface area contributed by atoms with Gasteiger partial charge in [-0.15, -0.1) is 0 Å². The highest BCUT2D eigenvalue weighted by atomic mass is 16.7. The summed E-state index contributed by atoms with van der Waals surface area (Å²) in [6, 6.07) is 0. The fraction of sp³-hybridized carbons (Fsp3) is 0.692. The van der Waals surface area contributed by atoms with Crippen molar-refractivity contribution in [2.75, 3.05) is 7.11 Å². The number of rotatable bonds is 1. The maximum Gasteiger partial charge on any atom is 0.323 e. The van der Waals surface area contributed by atoms with Gasteiger partial charge in [-0.2, -0.15) is 0 Å². The highest BCUT2D eigenvalue weighted by Gasteiger charge is 2.82. The Bertz CT molecular complexity index is 1100. The first-order valence-electron chi connectivity index (χ1n) is 11.9. The number of esters is 3. The number of allylic oxidation sites excluding steroid dienone is 2. The summed E-state index contributed by atoms with van der Waals surface area (Å²) in [5.74, 6) is -2.97. The Labute approximate surface area is 199 Å². The Kier molecular flexibility index (Phi) is 4.66. The molecule has 3 saturated heterocycles. The number of carbonyl (C=O) groups is 4. The molecule has 0 spiro atoms. The van der Waals surface area contributed by atoms with Crippen LogP contribution in [0.25, 0.3) is 0 Å². The van der Waals surface area contributed by atoms with Gasteiger partial charge in [-0.25, -0.2) is 0 Å². The summed E-state index contributed by atoms with van der Waals surface area (Å²) in [6.07, 6.45) is 1.01. The average molecular weight is 473 g/mol. The third-order valence-electron chi connectivity index (χ3n) is 9.41. The van der Waals surface area contributed by atoms with E-state index < -0.39 is 52.1 Å². The largest absolute Gasteiger partial charge is 0.469 e. The molecule has 2 aliphatic carbocycles. The first kappa shape index (κ1) is 23.3. The molecule has 8 nitrogen and oxygen atoms in total. The van der Waals surface area contributed by atoms with E-state index in [1.165, 1.54) is 7.11 Å². The van der Waals surface area contributed by atoms with Gasteiger partial charge in [0.2, 0.25) is 6.29 Å². The van der Waals surface area contributed by atoms with E-state index >= 15 is 0 Å². The van der Waals surface area contributed by atoms with Gasteiger partial charge in [0.1, 0.15) is 17.1 Å². The van der Waals surface area contributed by atoms with Gasteiger partial charge < -0.3 is 18.9 Å². The van der Waals surface area contributed by atoms with Gasteiger partial charge in [0.25, 0.3) is 0 Å². The average Bonchev–Trinajstić information content (AvgIpc) is 2.95. The molecular weight excluding hydrogens is 440 g/mol. The summed E-state index contributed by atoms with van der Waals surface area (Å²) >= 11 is 0. The molecule has 2 bridgehead atoms. The van der Waals surface area contributed by atoms with Crippen molar-refractivity contribution in [2.45, 2.75) is 78.8 Å². The summed E-state index contributed by atoms with van der Waals surface area (Å²) in [6.45, 7) is 11.0. The number of ether oxygens (including phenoxy) is 4. The molecule has 0 radical (unpaired) electrons. The standard InChI is InChI=1S/C26H32O8/c1-12-14-10-17(27)34-23(3,4)15(14)8-9-25(6)16(12)11-24(5,21(29)31-7)18-20-32-13(2)19(28)26(18,25)22(30)33-20/h8,13,16,18,20H,9-11H2,1-7H3. The highest BCUT2D eigenvalue weighted by Crippen LogP contribution is 2.72. The molecule has 0 aromatic carbocycles. The van der Waals surface area contributed by atoms with Crippen LogP contribution in [-0.2, 0) is 38.1 Å². The van der Waals surface area contributed by atoms with Crippen LogP contribution in [0.3, 0.4) is 0 Å². The van der Waals surface area contributed by atoms with Crippen LogP contribution in [-0.4, -0.2) is 48.8 Å².